The van der Waals surface area contributed by atoms with E-state index in [1.54, 1.807) is 6.07 Å². The first-order chi connectivity index (χ1) is 8.28. The molecule has 0 aliphatic carbocycles. The van der Waals surface area contributed by atoms with Crippen molar-refractivity contribution in [3.8, 4) is 11.5 Å². The number of nitrogens with zero attached hydrogens (tertiary/aromatic N) is 1. The number of phenols is 2. The van der Waals surface area contributed by atoms with Crippen molar-refractivity contribution in [1.82, 2.24) is 10.7 Å². The van der Waals surface area contributed by atoms with Crippen LogP contribution in [0.2, 0.25) is 0 Å². The van der Waals surface area contributed by atoms with Crippen LogP contribution >= 0.6 is 12.2 Å². The second-order valence-corrected chi connectivity index (χ2v) is 5.23. The van der Waals surface area contributed by atoms with Crippen molar-refractivity contribution >= 4 is 23.5 Å². The Morgan fingerprint density at radius 3 is 2.50 bits per heavy atom. The molecule has 98 valence electrons. The summed E-state index contributed by atoms with van der Waals surface area (Å²) < 4.78 is 0. The third-order valence-corrected chi connectivity index (χ3v) is 2.06. The van der Waals surface area contributed by atoms with Gasteiger partial charge in [0.05, 0.1) is 6.21 Å². The molecular weight excluding hydrogens is 250 g/mol. The first-order valence-electron chi connectivity index (χ1n) is 5.41. The van der Waals surface area contributed by atoms with Crippen molar-refractivity contribution in [3.05, 3.63) is 23.8 Å². The highest BCUT2D eigenvalue weighted by molar-refractivity contribution is 7.80. The SMILES string of the molecule is CC(C)(C)NC(=S)N/N=C/c1ccc(O)c(O)c1. The second-order valence-electron chi connectivity index (χ2n) is 4.82. The summed E-state index contributed by atoms with van der Waals surface area (Å²) in [5.74, 6) is -0.348. The van der Waals surface area contributed by atoms with Gasteiger partial charge in [-0.05, 0) is 56.8 Å². The highest BCUT2D eigenvalue weighted by atomic mass is 32.1. The van der Waals surface area contributed by atoms with E-state index in [9.17, 15) is 5.11 Å². The predicted molar refractivity (Wildman–Crippen MR) is 76.0 cm³/mol. The van der Waals surface area contributed by atoms with Gasteiger partial charge in [0.2, 0.25) is 0 Å². The molecule has 0 heterocycles. The van der Waals surface area contributed by atoms with Crippen molar-refractivity contribution in [1.29, 1.82) is 0 Å². The number of hydrogen-bond acceptors (Lipinski definition) is 4. The maximum atomic E-state index is 9.29. The van der Waals surface area contributed by atoms with Crippen molar-refractivity contribution < 1.29 is 10.2 Å². The van der Waals surface area contributed by atoms with Gasteiger partial charge in [-0.25, -0.2) is 0 Å². The van der Waals surface area contributed by atoms with E-state index < -0.39 is 0 Å². The number of phenolic OH excluding ortho intramolecular Hbond substituents is 2. The van der Waals surface area contributed by atoms with E-state index in [1.807, 2.05) is 20.8 Å². The van der Waals surface area contributed by atoms with Gasteiger partial charge >= 0.3 is 0 Å². The molecule has 6 heteroatoms. The molecule has 1 rings (SSSR count). The zero-order valence-corrected chi connectivity index (χ0v) is 11.4. The Bertz CT molecular complexity index is 467. The molecule has 0 saturated carbocycles. The number of rotatable bonds is 2. The van der Waals surface area contributed by atoms with E-state index in [-0.39, 0.29) is 17.0 Å². The zero-order chi connectivity index (χ0) is 13.8. The van der Waals surface area contributed by atoms with Gasteiger partial charge in [-0.3, -0.25) is 5.43 Å². The average Bonchev–Trinajstić information content (AvgIpc) is 2.20. The smallest absolute Gasteiger partial charge is 0.187 e. The molecule has 4 N–H and O–H groups in total. The van der Waals surface area contributed by atoms with Gasteiger partial charge < -0.3 is 15.5 Å². The van der Waals surface area contributed by atoms with E-state index in [2.05, 4.69) is 15.8 Å². The summed E-state index contributed by atoms with van der Waals surface area (Å²) in [4.78, 5) is 0. The highest BCUT2D eigenvalue weighted by Crippen LogP contribution is 2.23. The van der Waals surface area contributed by atoms with Gasteiger partial charge in [0.1, 0.15) is 0 Å². The predicted octanol–water partition coefficient (Wildman–Crippen LogP) is 1.69. The Morgan fingerprint density at radius 1 is 1.28 bits per heavy atom. The summed E-state index contributed by atoms with van der Waals surface area (Å²) in [6, 6.07) is 4.42. The first kappa shape index (κ1) is 14.2. The fraction of sp³-hybridized carbons (Fsp3) is 0.333. The number of nitrogens with one attached hydrogen (secondary N) is 2. The van der Waals surface area contributed by atoms with Crippen molar-refractivity contribution in [3.63, 3.8) is 0 Å². The van der Waals surface area contributed by atoms with Gasteiger partial charge in [0, 0.05) is 5.54 Å². The van der Waals surface area contributed by atoms with Crippen LogP contribution < -0.4 is 10.7 Å². The Balaban J connectivity index is 2.55. The van der Waals surface area contributed by atoms with Crippen LogP contribution in [0.5, 0.6) is 11.5 Å². The molecule has 1 aromatic carbocycles. The Kier molecular flexibility index (Phi) is 4.49. The molecule has 5 nitrogen and oxygen atoms in total. The normalized spacial score (nSPS) is 11.5. The Hall–Kier alpha value is -1.82. The Morgan fingerprint density at radius 2 is 1.94 bits per heavy atom. The van der Waals surface area contributed by atoms with Crippen molar-refractivity contribution in [2.45, 2.75) is 26.3 Å². The molecule has 0 radical (unpaired) electrons. The monoisotopic (exact) mass is 267 g/mol. The molecule has 0 spiro atoms. The quantitative estimate of drug-likeness (QED) is 0.284. The molecule has 0 aromatic heterocycles. The maximum absolute atomic E-state index is 9.29. The lowest BCUT2D eigenvalue weighted by Gasteiger charge is -2.21. The van der Waals surface area contributed by atoms with Crippen molar-refractivity contribution in [2.24, 2.45) is 5.10 Å². The molecule has 18 heavy (non-hydrogen) atoms. The largest absolute Gasteiger partial charge is 0.504 e. The molecule has 0 fully saturated rings. The van der Waals surface area contributed by atoms with Crippen LogP contribution in [0.1, 0.15) is 26.3 Å². The van der Waals surface area contributed by atoms with Crippen molar-refractivity contribution in [2.75, 3.05) is 0 Å². The lowest BCUT2D eigenvalue weighted by Crippen LogP contribution is -2.44. The van der Waals surface area contributed by atoms with Gasteiger partial charge in [0.15, 0.2) is 16.6 Å². The second kappa shape index (κ2) is 5.68. The third kappa shape index (κ3) is 5.01. The topological polar surface area (TPSA) is 76.9 Å². The molecule has 0 saturated heterocycles. The average molecular weight is 267 g/mol. The van der Waals surface area contributed by atoms with Crippen LogP contribution in [0.3, 0.4) is 0 Å². The third-order valence-electron chi connectivity index (χ3n) is 1.87. The lowest BCUT2D eigenvalue weighted by molar-refractivity contribution is 0.403. The number of hydrogen-bond donors (Lipinski definition) is 4. The maximum Gasteiger partial charge on any atom is 0.187 e. The van der Waals surface area contributed by atoms with Crippen LogP contribution in [0, 0.1) is 0 Å². The highest BCUT2D eigenvalue weighted by Gasteiger charge is 2.09. The number of thiocarbonyl (C=S) groups is 1. The summed E-state index contributed by atoms with van der Waals surface area (Å²) in [5, 5.41) is 25.8. The zero-order valence-electron chi connectivity index (χ0n) is 10.6. The molecule has 0 atom stereocenters. The number of benzene rings is 1. The summed E-state index contributed by atoms with van der Waals surface area (Å²) in [6.45, 7) is 5.97. The van der Waals surface area contributed by atoms with Crippen LogP contribution in [-0.2, 0) is 0 Å². The van der Waals surface area contributed by atoms with Crippen LogP contribution in [0.25, 0.3) is 0 Å². The van der Waals surface area contributed by atoms with Gasteiger partial charge in [-0.2, -0.15) is 5.10 Å². The number of hydrazone groups is 1. The van der Waals surface area contributed by atoms with Gasteiger partial charge in [0.25, 0.3) is 0 Å². The standard InChI is InChI=1S/C12H17N3O2S/c1-12(2,3)14-11(18)15-13-7-8-4-5-9(16)10(17)6-8/h4-7,16-17H,1-3H3,(H2,14,15,18)/b13-7+. The molecular formula is C12H17N3O2S. The van der Waals surface area contributed by atoms with Crippen LogP contribution in [-0.4, -0.2) is 27.1 Å². The van der Waals surface area contributed by atoms with E-state index in [1.165, 1.54) is 18.3 Å². The summed E-state index contributed by atoms with van der Waals surface area (Å²) >= 11 is 5.04. The molecule has 0 bridgehead atoms. The van der Waals surface area contributed by atoms with Crippen LogP contribution in [0.15, 0.2) is 23.3 Å². The molecule has 0 unspecified atom stereocenters. The van der Waals surface area contributed by atoms with E-state index in [0.717, 1.165) is 0 Å². The summed E-state index contributed by atoms with van der Waals surface area (Å²) in [5.41, 5.74) is 3.19. The fourth-order valence-corrected chi connectivity index (χ4v) is 1.51. The van der Waals surface area contributed by atoms with E-state index in [0.29, 0.717) is 10.7 Å². The van der Waals surface area contributed by atoms with Crippen LogP contribution in [0.4, 0.5) is 0 Å². The first-order valence-corrected chi connectivity index (χ1v) is 5.82. The molecule has 0 aliphatic heterocycles. The Labute approximate surface area is 112 Å². The summed E-state index contributed by atoms with van der Waals surface area (Å²) in [7, 11) is 0. The van der Waals surface area contributed by atoms with Gasteiger partial charge in [-0.1, -0.05) is 0 Å². The van der Waals surface area contributed by atoms with Gasteiger partial charge in [-0.15, -0.1) is 0 Å². The minimum Gasteiger partial charge on any atom is -0.504 e. The molecule has 0 amide bonds. The summed E-state index contributed by atoms with van der Waals surface area (Å²) in [6.07, 6.45) is 1.50. The molecule has 1 aromatic rings. The van der Waals surface area contributed by atoms with E-state index >= 15 is 0 Å². The minimum absolute atomic E-state index is 0.129. The number of aromatic hydroxyl groups is 2. The minimum atomic E-state index is -0.186. The molecule has 0 aliphatic rings. The van der Waals surface area contributed by atoms with E-state index in [4.69, 9.17) is 17.3 Å². The lowest BCUT2D eigenvalue weighted by atomic mass is 10.1. The fourth-order valence-electron chi connectivity index (χ4n) is 1.15.